The first-order valence-electron chi connectivity index (χ1n) is 6.59. The minimum absolute atomic E-state index is 0.336. The molecule has 104 valence electrons. The van der Waals surface area contributed by atoms with Crippen LogP contribution in [0.1, 0.15) is 65.7 Å². The van der Waals surface area contributed by atoms with Gasteiger partial charge in [-0.15, -0.1) is 0 Å². The highest BCUT2D eigenvalue weighted by molar-refractivity contribution is 8.67. The molecule has 0 aromatic heterocycles. The van der Waals surface area contributed by atoms with Crippen LogP contribution in [0.5, 0.6) is 0 Å². The van der Waals surface area contributed by atoms with Crippen molar-refractivity contribution in [1.82, 2.24) is 0 Å². The summed E-state index contributed by atoms with van der Waals surface area (Å²) in [7, 11) is 0. The molecule has 1 unspecified atom stereocenters. The zero-order valence-electron chi connectivity index (χ0n) is 11.3. The number of unbranched alkanes of at least 4 members (excludes halogenated alkanes) is 2. The Morgan fingerprint density at radius 3 is 2.06 bits per heavy atom. The quantitative estimate of drug-likeness (QED) is 0.453. The Morgan fingerprint density at radius 1 is 1.06 bits per heavy atom. The van der Waals surface area contributed by atoms with E-state index in [1.54, 1.807) is 0 Å². The second kappa shape index (κ2) is 9.80. The van der Waals surface area contributed by atoms with Crippen molar-refractivity contribution in [3.8, 4) is 0 Å². The lowest BCUT2D eigenvalue weighted by Crippen LogP contribution is -2.03. The molecular weight excluding hydrogens is 271 g/mol. The first kappa shape index (κ1) is 17.9. The summed E-state index contributed by atoms with van der Waals surface area (Å²) in [6, 6.07) is 0. The van der Waals surface area contributed by atoms with E-state index < -0.39 is 5.69 Å². The van der Waals surface area contributed by atoms with Gasteiger partial charge in [0.05, 0.1) is 0 Å². The summed E-state index contributed by atoms with van der Waals surface area (Å²) in [5, 5.41) is 0.336. The van der Waals surface area contributed by atoms with Gasteiger partial charge in [-0.3, -0.25) is 0 Å². The molecule has 5 heteroatoms. The Morgan fingerprint density at radius 2 is 1.59 bits per heavy atom. The van der Waals surface area contributed by atoms with E-state index in [0.29, 0.717) is 5.25 Å². The Labute approximate surface area is 116 Å². The van der Waals surface area contributed by atoms with Crippen molar-refractivity contribution in [2.75, 3.05) is 0 Å². The smallest absolute Gasteiger partial charge is 0.242 e. The van der Waals surface area contributed by atoms with Crippen molar-refractivity contribution in [1.29, 1.82) is 0 Å². The molecular formula is C12H27O2PS2. The first-order valence-corrected chi connectivity index (χ1v) is 10.8. The molecule has 0 aliphatic rings. The van der Waals surface area contributed by atoms with Crippen molar-refractivity contribution in [3.05, 3.63) is 0 Å². The Kier molecular flexibility index (Phi) is 10.3. The van der Waals surface area contributed by atoms with Gasteiger partial charge in [-0.25, -0.2) is 0 Å². The van der Waals surface area contributed by atoms with Gasteiger partial charge in [-0.05, 0) is 30.6 Å². The van der Waals surface area contributed by atoms with Gasteiger partial charge in [-0.2, -0.15) is 0 Å². The third kappa shape index (κ3) is 13.2. The van der Waals surface area contributed by atoms with Crippen LogP contribution in [0.3, 0.4) is 0 Å². The van der Waals surface area contributed by atoms with Crippen LogP contribution in [-0.4, -0.2) is 15.0 Å². The van der Waals surface area contributed by atoms with Crippen LogP contribution in [0.25, 0.3) is 0 Å². The van der Waals surface area contributed by atoms with Gasteiger partial charge >= 0.3 is 0 Å². The third-order valence-electron chi connectivity index (χ3n) is 2.72. The van der Waals surface area contributed by atoms with Gasteiger partial charge in [0.2, 0.25) is 5.69 Å². The normalized spacial score (nSPS) is 14.2. The van der Waals surface area contributed by atoms with E-state index in [-0.39, 0.29) is 0 Å². The highest BCUT2D eigenvalue weighted by atomic mass is 32.9. The van der Waals surface area contributed by atoms with Gasteiger partial charge in [0.25, 0.3) is 0 Å². The van der Waals surface area contributed by atoms with Crippen LogP contribution in [0.2, 0.25) is 0 Å². The maximum atomic E-state index is 9.38. The van der Waals surface area contributed by atoms with Gasteiger partial charge in [0.1, 0.15) is 0 Å². The Bertz CT molecular complexity index is 229. The van der Waals surface area contributed by atoms with E-state index in [4.69, 9.17) is 11.8 Å². The van der Waals surface area contributed by atoms with Crippen LogP contribution >= 0.6 is 17.1 Å². The van der Waals surface area contributed by atoms with E-state index in [9.17, 15) is 9.79 Å². The lowest BCUT2D eigenvalue weighted by Gasteiger charge is -2.18. The third-order valence-corrected chi connectivity index (χ3v) is 6.26. The van der Waals surface area contributed by atoms with Crippen molar-refractivity contribution in [2.45, 2.75) is 71.0 Å². The van der Waals surface area contributed by atoms with Gasteiger partial charge in [0.15, 0.2) is 0 Å². The summed E-state index contributed by atoms with van der Waals surface area (Å²) in [6.45, 7) is 6.64. The lowest BCUT2D eigenvalue weighted by molar-refractivity contribution is 0.498. The maximum Gasteiger partial charge on any atom is 0.242 e. The molecule has 0 saturated carbocycles. The predicted molar refractivity (Wildman–Crippen MR) is 82.9 cm³/mol. The van der Waals surface area contributed by atoms with E-state index >= 15 is 0 Å². The largest absolute Gasteiger partial charge is 0.338 e. The van der Waals surface area contributed by atoms with Crippen molar-refractivity contribution in [3.63, 3.8) is 0 Å². The molecule has 0 heterocycles. The molecule has 0 aromatic carbocycles. The second-order valence-electron chi connectivity index (χ2n) is 5.04. The van der Waals surface area contributed by atoms with Crippen LogP contribution < -0.4 is 0 Å². The van der Waals surface area contributed by atoms with Crippen LogP contribution in [-0.2, 0) is 11.8 Å². The number of hydrogen-bond donors (Lipinski definition) is 2. The van der Waals surface area contributed by atoms with Crippen LogP contribution in [0, 0.1) is 5.92 Å². The van der Waals surface area contributed by atoms with Crippen LogP contribution in [0.4, 0.5) is 0 Å². The molecule has 1 atom stereocenters. The molecule has 0 bridgehead atoms. The molecule has 0 aliphatic carbocycles. The number of rotatable bonds is 10. The fourth-order valence-corrected chi connectivity index (χ4v) is 5.63. The molecule has 0 aromatic rings. The molecule has 0 aliphatic heterocycles. The summed E-state index contributed by atoms with van der Waals surface area (Å²) < 4.78 is 0. The molecule has 0 spiro atoms. The Hall–Kier alpha value is 0.920. The molecule has 0 radical (unpaired) electrons. The minimum atomic E-state index is -3.08. The molecule has 2 nitrogen and oxygen atoms in total. The lowest BCUT2D eigenvalue weighted by atomic mass is 10.0. The summed E-state index contributed by atoms with van der Waals surface area (Å²) in [5.74, 6) is 0.762. The zero-order valence-corrected chi connectivity index (χ0v) is 13.8. The molecule has 0 fully saturated rings. The molecule has 2 N–H and O–H groups in total. The first-order chi connectivity index (χ1) is 7.85. The van der Waals surface area contributed by atoms with E-state index in [1.165, 1.54) is 30.6 Å². The van der Waals surface area contributed by atoms with E-state index in [1.807, 2.05) is 0 Å². The van der Waals surface area contributed by atoms with Crippen molar-refractivity contribution in [2.24, 2.45) is 5.92 Å². The fraction of sp³-hybridized carbons (Fsp3) is 1.00. The fourth-order valence-electron chi connectivity index (χ4n) is 1.80. The SMILES string of the molecule is CCCCC(CCCCC(C)C)SP(O)(O)=S. The standard InChI is InChI=1S/C12H27O2PS2/c1-4-5-9-12(17-15(13,14)16)10-7-6-8-11(2)3/h11-12H,4-10H2,1-3H3,(H2,13,14,16). The van der Waals surface area contributed by atoms with Gasteiger partial charge < -0.3 is 9.79 Å². The maximum absolute atomic E-state index is 9.38. The highest BCUT2D eigenvalue weighted by Gasteiger charge is 2.17. The summed E-state index contributed by atoms with van der Waals surface area (Å²) in [5.41, 5.74) is -3.08. The monoisotopic (exact) mass is 298 g/mol. The second-order valence-corrected chi connectivity index (χ2v) is 11.3. The molecule has 17 heavy (non-hydrogen) atoms. The summed E-state index contributed by atoms with van der Waals surface area (Å²) in [6.07, 6.45) is 8.10. The number of hydrogen-bond acceptors (Lipinski definition) is 2. The topological polar surface area (TPSA) is 40.5 Å². The van der Waals surface area contributed by atoms with Crippen molar-refractivity contribution < 1.29 is 9.79 Å². The predicted octanol–water partition coefficient (Wildman–Crippen LogP) is 4.70. The average Bonchev–Trinajstić information content (AvgIpc) is 2.18. The van der Waals surface area contributed by atoms with E-state index in [0.717, 1.165) is 31.6 Å². The molecule has 0 rings (SSSR count). The van der Waals surface area contributed by atoms with Crippen LogP contribution in [0.15, 0.2) is 0 Å². The average molecular weight is 298 g/mol. The zero-order chi connectivity index (χ0) is 13.3. The highest BCUT2D eigenvalue weighted by Crippen LogP contribution is 2.54. The van der Waals surface area contributed by atoms with Crippen molar-refractivity contribution >= 4 is 28.9 Å². The summed E-state index contributed by atoms with van der Waals surface area (Å²) >= 11 is 5.95. The molecule has 0 amide bonds. The summed E-state index contributed by atoms with van der Waals surface area (Å²) in [4.78, 5) is 18.8. The molecule has 0 saturated heterocycles. The van der Waals surface area contributed by atoms with Gasteiger partial charge in [-0.1, -0.05) is 64.3 Å². The Balaban J connectivity index is 3.89. The van der Waals surface area contributed by atoms with Gasteiger partial charge in [0, 0.05) is 5.25 Å². The van der Waals surface area contributed by atoms with E-state index in [2.05, 4.69) is 20.8 Å². The minimum Gasteiger partial charge on any atom is -0.338 e.